The third-order valence-corrected chi connectivity index (χ3v) is 3.44. The fourth-order valence-electron chi connectivity index (χ4n) is 2.19. The monoisotopic (exact) mass is 287 g/mol. The Morgan fingerprint density at radius 2 is 1.90 bits per heavy atom. The highest BCUT2D eigenvalue weighted by Crippen LogP contribution is 2.28. The lowest BCUT2D eigenvalue weighted by Crippen LogP contribution is -2.16. The Hall–Kier alpha value is -1.91. The van der Waals surface area contributed by atoms with Gasteiger partial charge in [0.1, 0.15) is 5.52 Å². The van der Waals surface area contributed by atoms with Crippen molar-refractivity contribution in [3.63, 3.8) is 0 Å². The molecule has 1 heterocycles. The van der Waals surface area contributed by atoms with E-state index in [4.69, 9.17) is 16.3 Å². The van der Waals surface area contributed by atoms with Crippen LogP contribution in [0.3, 0.4) is 0 Å². The number of ether oxygens (including phenoxy) is 1. The predicted octanol–water partition coefficient (Wildman–Crippen LogP) is 3.67. The van der Waals surface area contributed by atoms with Crippen LogP contribution >= 0.6 is 11.6 Å². The minimum Gasteiger partial charge on any atom is -0.352 e. The molecule has 0 aliphatic heterocycles. The van der Waals surface area contributed by atoms with Crippen molar-refractivity contribution in [3.8, 4) is 0 Å². The molecule has 2 aromatic carbocycles. The highest BCUT2D eigenvalue weighted by molar-refractivity contribution is 6.31. The molecule has 0 saturated heterocycles. The first-order valence-corrected chi connectivity index (χ1v) is 6.85. The largest absolute Gasteiger partial charge is 0.352 e. The van der Waals surface area contributed by atoms with E-state index in [1.165, 1.54) is 0 Å². The summed E-state index contributed by atoms with van der Waals surface area (Å²) < 4.78 is 7.60. The smallest absolute Gasteiger partial charge is 0.179 e. The van der Waals surface area contributed by atoms with Gasteiger partial charge >= 0.3 is 0 Å². The van der Waals surface area contributed by atoms with Gasteiger partial charge in [-0.15, -0.1) is 5.10 Å². The van der Waals surface area contributed by atoms with E-state index in [1.54, 1.807) is 4.68 Å². The van der Waals surface area contributed by atoms with Gasteiger partial charge in [0.2, 0.25) is 0 Å². The molecule has 1 aromatic heterocycles. The number of fused-ring (bicyclic) bond motifs is 1. The summed E-state index contributed by atoms with van der Waals surface area (Å²) in [7, 11) is 0. The number of benzene rings is 2. The van der Waals surface area contributed by atoms with Crippen LogP contribution < -0.4 is 0 Å². The first kappa shape index (κ1) is 13.1. The van der Waals surface area contributed by atoms with E-state index in [-0.39, 0.29) is 6.23 Å². The maximum Gasteiger partial charge on any atom is 0.179 e. The van der Waals surface area contributed by atoms with E-state index in [2.05, 4.69) is 10.3 Å². The van der Waals surface area contributed by atoms with Crippen LogP contribution in [0.5, 0.6) is 0 Å². The fourth-order valence-corrected chi connectivity index (χ4v) is 2.41. The minimum atomic E-state index is -0.374. The van der Waals surface area contributed by atoms with Crippen LogP contribution in [-0.4, -0.2) is 21.6 Å². The molecule has 0 aliphatic rings. The van der Waals surface area contributed by atoms with Crippen molar-refractivity contribution >= 4 is 22.6 Å². The Bertz CT molecular complexity index is 726. The van der Waals surface area contributed by atoms with Crippen LogP contribution in [0, 0.1) is 0 Å². The number of halogens is 1. The lowest BCUT2D eigenvalue weighted by Gasteiger charge is -2.19. The van der Waals surface area contributed by atoms with Gasteiger partial charge in [-0.3, -0.25) is 0 Å². The Balaban J connectivity index is 2.14. The minimum absolute atomic E-state index is 0.374. The molecular formula is C15H14ClN3O. The third-order valence-electron chi connectivity index (χ3n) is 3.10. The van der Waals surface area contributed by atoms with Crippen molar-refractivity contribution in [2.75, 3.05) is 6.61 Å². The fraction of sp³-hybridized carbons (Fsp3) is 0.200. The molecule has 3 aromatic rings. The average Bonchev–Trinajstić information content (AvgIpc) is 2.90. The SMILES string of the molecule is CCOC(c1ccccc1Cl)n1nnc2ccccc21. The summed E-state index contributed by atoms with van der Waals surface area (Å²) in [6, 6.07) is 15.4. The summed E-state index contributed by atoms with van der Waals surface area (Å²) in [5.41, 5.74) is 2.64. The van der Waals surface area contributed by atoms with Gasteiger partial charge in [0.05, 0.1) is 5.52 Å². The summed E-state index contributed by atoms with van der Waals surface area (Å²) in [5, 5.41) is 9.04. The van der Waals surface area contributed by atoms with Crippen molar-refractivity contribution in [3.05, 3.63) is 59.1 Å². The molecule has 0 spiro atoms. The molecule has 0 fully saturated rings. The van der Waals surface area contributed by atoms with Crippen molar-refractivity contribution in [1.29, 1.82) is 0 Å². The summed E-state index contributed by atoms with van der Waals surface area (Å²) >= 11 is 6.28. The molecule has 0 amide bonds. The maximum absolute atomic E-state index is 6.28. The van der Waals surface area contributed by atoms with Gasteiger partial charge in [-0.1, -0.05) is 47.1 Å². The van der Waals surface area contributed by atoms with E-state index in [0.717, 1.165) is 16.6 Å². The Labute approximate surface area is 121 Å². The van der Waals surface area contributed by atoms with E-state index in [0.29, 0.717) is 11.6 Å². The molecule has 0 N–H and O–H groups in total. The van der Waals surface area contributed by atoms with Crippen LogP contribution in [0.15, 0.2) is 48.5 Å². The molecule has 0 aliphatic carbocycles. The highest BCUT2D eigenvalue weighted by atomic mass is 35.5. The molecular weight excluding hydrogens is 274 g/mol. The Morgan fingerprint density at radius 3 is 2.70 bits per heavy atom. The molecule has 4 nitrogen and oxygen atoms in total. The lowest BCUT2D eigenvalue weighted by atomic mass is 10.2. The second kappa shape index (κ2) is 5.61. The first-order valence-electron chi connectivity index (χ1n) is 6.47. The summed E-state index contributed by atoms with van der Waals surface area (Å²) in [6.45, 7) is 2.51. The highest BCUT2D eigenvalue weighted by Gasteiger charge is 2.20. The van der Waals surface area contributed by atoms with E-state index >= 15 is 0 Å². The average molecular weight is 288 g/mol. The van der Waals surface area contributed by atoms with Gasteiger partial charge in [-0.2, -0.15) is 0 Å². The number of aromatic nitrogens is 3. The zero-order valence-corrected chi connectivity index (χ0v) is 11.8. The summed E-state index contributed by atoms with van der Waals surface area (Å²) in [6.07, 6.45) is -0.374. The van der Waals surface area contributed by atoms with Crippen molar-refractivity contribution in [2.45, 2.75) is 13.2 Å². The molecule has 1 unspecified atom stereocenters. The first-order chi connectivity index (χ1) is 9.81. The Kier molecular flexibility index (Phi) is 3.67. The Morgan fingerprint density at radius 1 is 1.15 bits per heavy atom. The van der Waals surface area contributed by atoms with Gasteiger partial charge < -0.3 is 4.74 Å². The van der Waals surface area contributed by atoms with Crippen LogP contribution in [0.4, 0.5) is 0 Å². The topological polar surface area (TPSA) is 39.9 Å². The molecule has 3 rings (SSSR count). The van der Waals surface area contributed by atoms with Gasteiger partial charge in [-0.25, -0.2) is 4.68 Å². The second-order valence-electron chi connectivity index (χ2n) is 4.35. The number of hydrogen-bond donors (Lipinski definition) is 0. The maximum atomic E-state index is 6.28. The van der Waals surface area contributed by atoms with Crippen LogP contribution in [-0.2, 0) is 4.74 Å². The zero-order chi connectivity index (χ0) is 13.9. The van der Waals surface area contributed by atoms with Gasteiger partial charge in [0, 0.05) is 17.2 Å². The number of nitrogens with zero attached hydrogens (tertiary/aromatic N) is 3. The molecule has 0 radical (unpaired) electrons. The van der Waals surface area contributed by atoms with Crippen LogP contribution in [0.2, 0.25) is 5.02 Å². The van der Waals surface area contributed by atoms with E-state index in [1.807, 2.05) is 55.5 Å². The van der Waals surface area contributed by atoms with Gasteiger partial charge in [0.25, 0.3) is 0 Å². The number of hydrogen-bond acceptors (Lipinski definition) is 3. The predicted molar refractivity (Wildman–Crippen MR) is 78.7 cm³/mol. The normalized spacial score (nSPS) is 12.7. The molecule has 102 valence electrons. The van der Waals surface area contributed by atoms with Gasteiger partial charge in [-0.05, 0) is 25.1 Å². The van der Waals surface area contributed by atoms with Gasteiger partial charge in [0.15, 0.2) is 6.23 Å². The number of rotatable bonds is 4. The quantitative estimate of drug-likeness (QED) is 0.735. The molecule has 0 bridgehead atoms. The molecule has 20 heavy (non-hydrogen) atoms. The molecule has 0 saturated carbocycles. The second-order valence-corrected chi connectivity index (χ2v) is 4.76. The lowest BCUT2D eigenvalue weighted by molar-refractivity contribution is 0.0342. The van der Waals surface area contributed by atoms with Crippen LogP contribution in [0.1, 0.15) is 18.7 Å². The van der Waals surface area contributed by atoms with Crippen LogP contribution in [0.25, 0.3) is 11.0 Å². The standard InChI is InChI=1S/C15H14ClN3O/c1-2-20-15(11-7-3-4-8-12(11)16)19-14-10-6-5-9-13(14)17-18-19/h3-10,15H,2H2,1H3. The summed E-state index contributed by atoms with van der Waals surface area (Å²) in [5.74, 6) is 0. The number of para-hydroxylation sites is 1. The van der Waals surface area contributed by atoms with Crippen molar-refractivity contribution in [2.24, 2.45) is 0 Å². The van der Waals surface area contributed by atoms with Crippen molar-refractivity contribution < 1.29 is 4.74 Å². The third kappa shape index (κ3) is 2.28. The van der Waals surface area contributed by atoms with Crippen molar-refractivity contribution in [1.82, 2.24) is 15.0 Å². The zero-order valence-electron chi connectivity index (χ0n) is 11.0. The van der Waals surface area contributed by atoms with E-state index < -0.39 is 0 Å². The summed E-state index contributed by atoms with van der Waals surface area (Å²) in [4.78, 5) is 0. The molecule has 5 heteroatoms. The van der Waals surface area contributed by atoms with E-state index in [9.17, 15) is 0 Å². The molecule has 1 atom stereocenters.